The predicted molar refractivity (Wildman–Crippen MR) is 57.3 cm³/mol. The Morgan fingerprint density at radius 3 is 2.57 bits per heavy atom. The predicted octanol–water partition coefficient (Wildman–Crippen LogP) is 0.584. The average molecular weight is 198 g/mol. The van der Waals surface area contributed by atoms with Gasteiger partial charge in [-0.1, -0.05) is 6.42 Å². The molecule has 0 bridgehead atoms. The van der Waals surface area contributed by atoms with E-state index in [0.29, 0.717) is 12.1 Å². The van der Waals surface area contributed by atoms with Gasteiger partial charge >= 0.3 is 0 Å². The van der Waals surface area contributed by atoms with Gasteiger partial charge in [-0.15, -0.1) is 0 Å². The lowest BCUT2D eigenvalue weighted by atomic mass is 9.81. The molecule has 2 rings (SSSR count). The van der Waals surface area contributed by atoms with E-state index in [4.69, 9.17) is 0 Å². The molecule has 0 spiro atoms. The second-order valence-electron chi connectivity index (χ2n) is 5.10. The van der Waals surface area contributed by atoms with Gasteiger partial charge in [0.2, 0.25) is 0 Å². The first kappa shape index (κ1) is 10.4. The Bertz CT molecular complexity index is 193. The van der Waals surface area contributed by atoms with Gasteiger partial charge in [0.15, 0.2) is 0 Å². The maximum Gasteiger partial charge on any atom is 0.105 e. The number of rotatable bonds is 2. The maximum absolute atomic E-state index is 10.3. The Hall–Kier alpha value is -0.120. The lowest BCUT2D eigenvalue weighted by Crippen LogP contribution is -2.72. The van der Waals surface area contributed by atoms with Crippen molar-refractivity contribution in [2.75, 3.05) is 19.6 Å². The van der Waals surface area contributed by atoms with E-state index in [9.17, 15) is 5.11 Å². The van der Waals surface area contributed by atoms with Crippen molar-refractivity contribution in [2.45, 2.75) is 50.8 Å². The van der Waals surface area contributed by atoms with Gasteiger partial charge < -0.3 is 10.4 Å². The highest BCUT2D eigenvalue weighted by Crippen LogP contribution is 2.30. The van der Waals surface area contributed by atoms with Crippen molar-refractivity contribution in [1.82, 2.24) is 10.2 Å². The minimum absolute atomic E-state index is 0.339. The molecular weight excluding hydrogens is 176 g/mol. The fourth-order valence-corrected chi connectivity index (χ4v) is 2.55. The first-order valence-corrected chi connectivity index (χ1v) is 5.82. The minimum Gasteiger partial charge on any atom is -0.386 e. The molecule has 0 radical (unpaired) electrons. The standard InChI is InChI=1S/C11H22N2O/c1-9(2)13-7-11(14,8-13)10-5-3-4-6-12-10/h9-10,12,14H,3-8H2,1-2H3/t10-/m0/s1. The van der Waals surface area contributed by atoms with Crippen LogP contribution >= 0.6 is 0 Å². The molecule has 0 amide bonds. The van der Waals surface area contributed by atoms with Crippen LogP contribution in [0.2, 0.25) is 0 Å². The van der Waals surface area contributed by atoms with Gasteiger partial charge in [-0.25, -0.2) is 0 Å². The molecule has 14 heavy (non-hydrogen) atoms. The third kappa shape index (κ3) is 1.81. The maximum atomic E-state index is 10.3. The number of hydrogen-bond donors (Lipinski definition) is 2. The minimum atomic E-state index is -0.440. The van der Waals surface area contributed by atoms with Crippen LogP contribution in [0.25, 0.3) is 0 Å². The van der Waals surface area contributed by atoms with Crippen LogP contribution in [-0.2, 0) is 0 Å². The monoisotopic (exact) mass is 198 g/mol. The van der Waals surface area contributed by atoms with Gasteiger partial charge in [0.25, 0.3) is 0 Å². The number of nitrogens with zero attached hydrogens (tertiary/aromatic N) is 1. The van der Waals surface area contributed by atoms with Gasteiger partial charge in [-0.05, 0) is 33.2 Å². The molecule has 3 heteroatoms. The first-order valence-electron chi connectivity index (χ1n) is 5.82. The van der Waals surface area contributed by atoms with Gasteiger partial charge in [-0.3, -0.25) is 4.90 Å². The Morgan fingerprint density at radius 2 is 2.07 bits per heavy atom. The smallest absolute Gasteiger partial charge is 0.105 e. The largest absolute Gasteiger partial charge is 0.386 e. The SMILES string of the molecule is CC(C)N1CC(O)([C@@H]2CCCCN2)C1. The Morgan fingerprint density at radius 1 is 1.36 bits per heavy atom. The van der Waals surface area contributed by atoms with Crippen LogP contribution in [0.5, 0.6) is 0 Å². The number of β-amino-alcohol motifs (C(OH)–C–C–N with tert-alkyl or cyclic N) is 1. The summed E-state index contributed by atoms with van der Waals surface area (Å²) in [6.45, 7) is 7.15. The van der Waals surface area contributed by atoms with E-state index in [0.717, 1.165) is 26.1 Å². The number of piperidine rings is 1. The van der Waals surface area contributed by atoms with E-state index in [1.807, 2.05) is 0 Å². The molecule has 0 saturated carbocycles. The van der Waals surface area contributed by atoms with Crippen LogP contribution in [0.4, 0.5) is 0 Å². The van der Waals surface area contributed by atoms with E-state index in [1.54, 1.807) is 0 Å². The molecule has 0 unspecified atom stereocenters. The molecule has 2 saturated heterocycles. The van der Waals surface area contributed by atoms with Crippen LogP contribution in [-0.4, -0.2) is 47.3 Å². The summed E-state index contributed by atoms with van der Waals surface area (Å²) in [6, 6.07) is 0.908. The van der Waals surface area contributed by atoms with Crippen LogP contribution in [0.3, 0.4) is 0 Å². The summed E-state index contributed by atoms with van der Waals surface area (Å²) in [4.78, 5) is 2.33. The van der Waals surface area contributed by atoms with Gasteiger partial charge in [0, 0.05) is 25.2 Å². The van der Waals surface area contributed by atoms with Crippen LogP contribution in [0.15, 0.2) is 0 Å². The summed E-state index contributed by atoms with van der Waals surface area (Å²) in [6.07, 6.45) is 3.67. The zero-order chi connectivity index (χ0) is 10.2. The summed E-state index contributed by atoms with van der Waals surface area (Å²) in [7, 11) is 0. The molecule has 0 aromatic rings. The van der Waals surface area contributed by atoms with Crippen molar-refractivity contribution in [2.24, 2.45) is 0 Å². The molecule has 2 N–H and O–H groups in total. The van der Waals surface area contributed by atoms with E-state index in [-0.39, 0.29) is 0 Å². The molecule has 2 fully saturated rings. The van der Waals surface area contributed by atoms with Crippen molar-refractivity contribution >= 4 is 0 Å². The normalized spacial score (nSPS) is 33.0. The topological polar surface area (TPSA) is 35.5 Å². The van der Waals surface area contributed by atoms with Crippen molar-refractivity contribution in [3.8, 4) is 0 Å². The zero-order valence-corrected chi connectivity index (χ0v) is 9.29. The summed E-state index contributed by atoms with van der Waals surface area (Å²) in [5, 5.41) is 13.8. The zero-order valence-electron chi connectivity index (χ0n) is 9.29. The number of aliphatic hydroxyl groups is 1. The van der Waals surface area contributed by atoms with Gasteiger partial charge in [0.05, 0.1) is 0 Å². The fourth-order valence-electron chi connectivity index (χ4n) is 2.55. The highest BCUT2D eigenvalue weighted by molar-refractivity contribution is 5.05. The first-order chi connectivity index (χ1) is 6.62. The molecule has 0 aliphatic carbocycles. The summed E-state index contributed by atoms with van der Waals surface area (Å²) in [5.74, 6) is 0. The molecular formula is C11H22N2O. The summed E-state index contributed by atoms with van der Waals surface area (Å²) in [5.41, 5.74) is -0.440. The number of hydrogen-bond acceptors (Lipinski definition) is 3. The second kappa shape index (κ2) is 3.80. The van der Waals surface area contributed by atoms with Crippen LogP contribution < -0.4 is 5.32 Å². The number of nitrogens with one attached hydrogen (secondary N) is 1. The highest BCUT2D eigenvalue weighted by Gasteiger charge is 2.47. The average Bonchev–Trinajstić information content (AvgIpc) is 2.14. The lowest BCUT2D eigenvalue weighted by Gasteiger charge is -2.53. The fraction of sp³-hybridized carbons (Fsp3) is 1.00. The Labute approximate surface area is 86.5 Å². The molecule has 82 valence electrons. The molecule has 2 aliphatic rings. The molecule has 2 aliphatic heterocycles. The lowest BCUT2D eigenvalue weighted by molar-refractivity contribution is -0.135. The van der Waals surface area contributed by atoms with Crippen molar-refractivity contribution < 1.29 is 5.11 Å². The summed E-state index contributed by atoms with van der Waals surface area (Å²) >= 11 is 0. The molecule has 2 heterocycles. The molecule has 3 nitrogen and oxygen atoms in total. The van der Waals surface area contributed by atoms with Gasteiger partial charge in [0.1, 0.15) is 5.60 Å². The molecule has 0 aromatic carbocycles. The van der Waals surface area contributed by atoms with Gasteiger partial charge in [-0.2, -0.15) is 0 Å². The third-order valence-corrected chi connectivity index (χ3v) is 3.64. The molecule has 0 aromatic heterocycles. The van der Waals surface area contributed by atoms with Crippen molar-refractivity contribution in [3.63, 3.8) is 0 Å². The van der Waals surface area contributed by atoms with Crippen molar-refractivity contribution in [1.29, 1.82) is 0 Å². The Balaban J connectivity index is 1.86. The second-order valence-corrected chi connectivity index (χ2v) is 5.10. The Kier molecular flexibility index (Phi) is 2.82. The quantitative estimate of drug-likeness (QED) is 0.681. The van der Waals surface area contributed by atoms with Crippen LogP contribution in [0.1, 0.15) is 33.1 Å². The van der Waals surface area contributed by atoms with E-state index < -0.39 is 5.60 Å². The van der Waals surface area contributed by atoms with E-state index in [1.165, 1.54) is 12.8 Å². The van der Waals surface area contributed by atoms with E-state index >= 15 is 0 Å². The highest BCUT2D eigenvalue weighted by atomic mass is 16.3. The number of likely N-dealkylation sites (tertiary alicyclic amines) is 1. The van der Waals surface area contributed by atoms with E-state index in [2.05, 4.69) is 24.1 Å². The summed E-state index contributed by atoms with van der Waals surface area (Å²) < 4.78 is 0. The molecule has 1 atom stereocenters. The van der Waals surface area contributed by atoms with Crippen molar-refractivity contribution in [3.05, 3.63) is 0 Å². The third-order valence-electron chi connectivity index (χ3n) is 3.64. The van der Waals surface area contributed by atoms with Crippen LogP contribution in [0, 0.1) is 0 Å².